The molecule has 0 unspecified atom stereocenters. The second-order valence-electron chi connectivity index (χ2n) is 4.65. The monoisotopic (exact) mass is 385 g/mol. The molecule has 3 aromatic rings. The number of benzene rings is 2. The molecule has 0 radical (unpaired) electrons. The van der Waals surface area contributed by atoms with Gasteiger partial charge in [0.25, 0.3) is 0 Å². The second kappa shape index (κ2) is 7.01. The van der Waals surface area contributed by atoms with E-state index in [9.17, 15) is 4.79 Å². The third-order valence-corrected chi connectivity index (χ3v) is 4.89. The van der Waals surface area contributed by atoms with Crippen molar-refractivity contribution in [1.29, 1.82) is 0 Å². The van der Waals surface area contributed by atoms with Gasteiger partial charge >= 0.3 is 5.69 Å². The van der Waals surface area contributed by atoms with Crippen LogP contribution in [-0.4, -0.2) is 14.8 Å². The van der Waals surface area contributed by atoms with E-state index >= 15 is 0 Å². The maximum atomic E-state index is 12.0. The van der Waals surface area contributed by atoms with Gasteiger partial charge in [0.2, 0.25) is 0 Å². The number of hydrogen-bond donors (Lipinski definition) is 1. The number of thioether (sulfide) groups is 1. The van der Waals surface area contributed by atoms with E-state index in [-0.39, 0.29) is 5.69 Å². The SMILES string of the molecule is O=c1[nH]nc(SCc2ccc(Cl)cc2Cl)n1-c1cccc(Cl)c1. The van der Waals surface area contributed by atoms with E-state index < -0.39 is 0 Å². The Morgan fingerprint density at radius 2 is 1.87 bits per heavy atom. The highest BCUT2D eigenvalue weighted by Gasteiger charge is 2.12. The first-order valence-electron chi connectivity index (χ1n) is 6.54. The summed E-state index contributed by atoms with van der Waals surface area (Å²) >= 11 is 19.4. The van der Waals surface area contributed by atoms with E-state index in [1.165, 1.54) is 16.3 Å². The minimum absolute atomic E-state index is 0.322. The van der Waals surface area contributed by atoms with E-state index in [2.05, 4.69) is 10.2 Å². The predicted octanol–water partition coefficient (Wildman–Crippen LogP) is 4.81. The van der Waals surface area contributed by atoms with Crippen LogP contribution in [0.15, 0.2) is 52.4 Å². The van der Waals surface area contributed by atoms with Crippen molar-refractivity contribution < 1.29 is 0 Å². The number of rotatable bonds is 4. The highest BCUT2D eigenvalue weighted by molar-refractivity contribution is 7.98. The maximum Gasteiger partial charge on any atom is 0.348 e. The van der Waals surface area contributed by atoms with Crippen molar-refractivity contribution in [2.45, 2.75) is 10.9 Å². The summed E-state index contributed by atoms with van der Waals surface area (Å²) in [6.45, 7) is 0. The van der Waals surface area contributed by atoms with Gasteiger partial charge in [0, 0.05) is 20.8 Å². The van der Waals surface area contributed by atoms with Gasteiger partial charge in [-0.3, -0.25) is 0 Å². The van der Waals surface area contributed by atoms with Gasteiger partial charge in [0.05, 0.1) is 5.69 Å². The Labute approximate surface area is 151 Å². The zero-order chi connectivity index (χ0) is 16.4. The molecule has 0 bridgehead atoms. The van der Waals surface area contributed by atoms with Crippen LogP contribution in [0.1, 0.15) is 5.56 Å². The van der Waals surface area contributed by atoms with Crippen molar-refractivity contribution in [1.82, 2.24) is 14.8 Å². The molecule has 0 atom stereocenters. The molecule has 0 fully saturated rings. The van der Waals surface area contributed by atoms with Crippen LogP contribution in [0.3, 0.4) is 0 Å². The lowest BCUT2D eigenvalue weighted by molar-refractivity contribution is 0.870. The highest BCUT2D eigenvalue weighted by atomic mass is 35.5. The van der Waals surface area contributed by atoms with Crippen molar-refractivity contribution in [3.05, 3.63) is 73.6 Å². The van der Waals surface area contributed by atoms with E-state index in [1.54, 1.807) is 36.4 Å². The van der Waals surface area contributed by atoms with Crippen LogP contribution in [-0.2, 0) is 5.75 Å². The van der Waals surface area contributed by atoms with Gasteiger partial charge in [-0.2, -0.15) is 0 Å². The molecule has 2 aromatic carbocycles. The van der Waals surface area contributed by atoms with Crippen LogP contribution < -0.4 is 5.69 Å². The van der Waals surface area contributed by atoms with Crippen LogP contribution in [0.2, 0.25) is 15.1 Å². The molecule has 23 heavy (non-hydrogen) atoms. The smallest absolute Gasteiger partial charge is 0.246 e. The van der Waals surface area contributed by atoms with E-state index in [0.717, 1.165) is 5.56 Å². The first kappa shape index (κ1) is 16.5. The summed E-state index contributed by atoms with van der Waals surface area (Å²) in [4.78, 5) is 12.0. The van der Waals surface area contributed by atoms with Crippen LogP contribution in [0, 0.1) is 0 Å². The standard InChI is InChI=1S/C15H10Cl3N3OS/c16-10-2-1-3-12(6-10)21-14(22)19-20-15(21)23-8-9-4-5-11(17)7-13(9)18/h1-7H,8H2,(H,19,22). The number of hydrogen-bond acceptors (Lipinski definition) is 3. The van der Waals surface area contributed by atoms with Crippen LogP contribution in [0.5, 0.6) is 0 Å². The molecule has 1 N–H and O–H groups in total. The van der Waals surface area contributed by atoms with Gasteiger partial charge in [-0.25, -0.2) is 14.5 Å². The van der Waals surface area contributed by atoms with Gasteiger partial charge in [-0.1, -0.05) is 58.7 Å². The predicted molar refractivity (Wildman–Crippen MR) is 95.2 cm³/mol. The summed E-state index contributed by atoms with van der Waals surface area (Å²) in [5, 5.41) is 8.76. The Bertz CT molecular complexity index is 907. The Morgan fingerprint density at radius 3 is 2.61 bits per heavy atom. The van der Waals surface area contributed by atoms with Gasteiger partial charge < -0.3 is 0 Å². The molecule has 0 saturated heterocycles. The lowest BCUT2D eigenvalue weighted by Gasteiger charge is -2.07. The van der Waals surface area contributed by atoms with Crippen molar-refractivity contribution in [2.24, 2.45) is 0 Å². The minimum atomic E-state index is -0.322. The maximum absolute atomic E-state index is 12.0. The Morgan fingerprint density at radius 1 is 1.09 bits per heavy atom. The van der Waals surface area contributed by atoms with Crippen molar-refractivity contribution in [3.8, 4) is 5.69 Å². The van der Waals surface area contributed by atoms with Crippen molar-refractivity contribution >= 4 is 46.6 Å². The van der Waals surface area contributed by atoms with Crippen LogP contribution >= 0.6 is 46.6 Å². The molecular formula is C15H10Cl3N3OS. The molecule has 0 amide bonds. The van der Waals surface area contributed by atoms with Crippen molar-refractivity contribution in [2.75, 3.05) is 0 Å². The normalized spacial score (nSPS) is 10.9. The Kier molecular flexibility index (Phi) is 5.02. The van der Waals surface area contributed by atoms with Gasteiger partial charge in [-0.05, 0) is 35.9 Å². The molecule has 3 rings (SSSR count). The molecule has 118 valence electrons. The lowest BCUT2D eigenvalue weighted by atomic mass is 10.2. The summed E-state index contributed by atoms with van der Waals surface area (Å²) in [6, 6.07) is 12.3. The molecule has 0 saturated carbocycles. The molecular weight excluding hydrogens is 377 g/mol. The third-order valence-electron chi connectivity index (χ3n) is 3.08. The second-order valence-corrected chi connectivity index (χ2v) is 6.87. The average molecular weight is 387 g/mol. The summed E-state index contributed by atoms with van der Waals surface area (Å²) in [7, 11) is 0. The summed E-state index contributed by atoms with van der Waals surface area (Å²) in [5.74, 6) is 0.556. The molecule has 0 aliphatic rings. The Hall–Kier alpha value is -1.40. The molecule has 1 heterocycles. The largest absolute Gasteiger partial charge is 0.348 e. The average Bonchev–Trinajstić information content (AvgIpc) is 2.87. The number of aromatic nitrogens is 3. The third kappa shape index (κ3) is 3.75. The van der Waals surface area contributed by atoms with Gasteiger partial charge in [0.15, 0.2) is 5.16 Å². The zero-order valence-corrected chi connectivity index (χ0v) is 14.7. The summed E-state index contributed by atoms with van der Waals surface area (Å²) in [6.07, 6.45) is 0. The number of nitrogens with zero attached hydrogens (tertiary/aromatic N) is 2. The summed E-state index contributed by atoms with van der Waals surface area (Å²) in [5.41, 5.74) is 1.24. The first-order chi connectivity index (χ1) is 11.0. The highest BCUT2D eigenvalue weighted by Crippen LogP contribution is 2.28. The quantitative estimate of drug-likeness (QED) is 0.654. The molecule has 8 heteroatoms. The number of halogens is 3. The molecule has 0 spiro atoms. The fourth-order valence-corrected chi connectivity index (χ4v) is 3.71. The Balaban J connectivity index is 1.88. The van der Waals surface area contributed by atoms with E-state index in [1.807, 2.05) is 6.07 Å². The lowest BCUT2D eigenvalue weighted by Crippen LogP contribution is -2.15. The number of nitrogens with one attached hydrogen (secondary N) is 1. The van der Waals surface area contributed by atoms with Crippen molar-refractivity contribution in [3.63, 3.8) is 0 Å². The van der Waals surface area contributed by atoms with E-state index in [0.29, 0.717) is 31.7 Å². The molecule has 0 aliphatic carbocycles. The fourth-order valence-electron chi connectivity index (χ4n) is 2.00. The summed E-state index contributed by atoms with van der Waals surface area (Å²) < 4.78 is 1.47. The molecule has 0 aliphatic heterocycles. The van der Waals surface area contributed by atoms with Gasteiger partial charge in [0.1, 0.15) is 0 Å². The number of H-pyrrole nitrogens is 1. The molecule has 4 nitrogen and oxygen atoms in total. The van der Waals surface area contributed by atoms with Crippen LogP contribution in [0.25, 0.3) is 5.69 Å². The van der Waals surface area contributed by atoms with E-state index in [4.69, 9.17) is 34.8 Å². The molecule has 1 aromatic heterocycles. The van der Waals surface area contributed by atoms with Gasteiger partial charge in [-0.15, -0.1) is 5.10 Å². The fraction of sp³-hybridized carbons (Fsp3) is 0.0667. The topological polar surface area (TPSA) is 50.7 Å². The minimum Gasteiger partial charge on any atom is -0.246 e. The first-order valence-corrected chi connectivity index (χ1v) is 8.66. The van der Waals surface area contributed by atoms with Crippen LogP contribution in [0.4, 0.5) is 0 Å². The zero-order valence-electron chi connectivity index (χ0n) is 11.6. The number of aromatic amines is 1.